The van der Waals surface area contributed by atoms with Gasteiger partial charge in [0.05, 0.1) is 27.0 Å². The van der Waals surface area contributed by atoms with Crippen LogP contribution in [0.5, 0.6) is 17.2 Å². The van der Waals surface area contributed by atoms with Crippen LogP contribution in [-0.2, 0) is 22.9 Å². The van der Waals surface area contributed by atoms with Crippen LogP contribution in [0, 0.1) is 0 Å². The van der Waals surface area contributed by atoms with Gasteiger partial charge in [0.1, 0.15) is 22.1 Å². The van der Waals surface area contributed by atoms with Gasteiger partial charge in [-0.2, -0.15) is 0 Å². The first-order valence-corrected chi connectivity index (χ1v) is 9.91. The second-order valence-corrected chi connectivity index (χ2v) is 7.80. The zero-order valence-corrected chi connectivity index (χ0v) is 16.0. The lowest BCUT2D eigenvalue weighted by molar-refractivity contribution is 0.395. The molecule has 140 valence electrons. The molecule has 0 unspecified atom stereocenters. The van der Waals surface area contributed by atoms with Crippen LogP contribution in [0.15, 0.2) is 35.2 Å². The molecule has 2 aromatic rings. The maximum Gasteiger partial charge on any atom is 0.265 e. The molecule has 1 aliphatic rings. The summed E-state index contributed by atoms with van der Waals surface area (Å²) in [6.45, 7) is 0. The molecule has 6 nitrogen and oxygen atoms in total. The Morgan fingerprint density at radius 2 is 1.50 bits per heavy atom. The van der Waals surface area contributed by atoms with E-state index < -0.39 is 10.0 Å². The molecule has 0 heterocycles. The van der Waals surface area contributed by atoms with Crippen molar-refractivity contribution in [1.82, 2.24) is 0 Å². The number of fused-ring (bicyclic) bond motifs is 1. The minimum absolute atomic E-state index is 0.138. The predicted molar refractivity (Wildman–Crippen MR) is 100.0 cm³/mol. The van der Waals surface area contributed by atoms with Gasteiger partial charge in [0, 0.05) is 6.07 Å². The van der Waals surface area contributed by atoms with E-state index in [4.69, 9.17) is 14.2 Å². The third-order valence-electron chi connectivity index (χ3n) is 4.57. The van der Waals surface area contributed by atoms with Gasteiger partial charge in [-0.15, -0.1) is 0 Å². The van der Waals surface area contributed by atoms with Gasteiger partial charge in [0.2, 0.25) is 0 Å². The van der Waals surface area contributed by atoms with Gasteiger partial charge < -0.3 is 14.2 Å². The molecule has 0 bridgehead atoms. The molecule has 26 heavy (non-hydrogen) atoms. The lowest BCUT2D eigenvalue weighted by Gasteiger charge is -2.20. The van der Waals surface area contributed by atoms with Crippen LogP contribution in [0.1, 0.15) is 24.0 Å². The SMILES string of the molecule is COc1ccc(NS(=O)(=O)c2cc3c(cc2OC)CCCC3)c(OC)c1. The summed E-state index contributed by atoms with van der Waals surface area (Å²) in [5.41, 5.74) is 2.57. The number of hydrogen-bond acceptors (Lipinski definition) is 5. The van der Waals surface area contributed by atoms with Crippen molar-refractivity contribution in [2.75, 3.05) is 26.1 Å². The largest absolute Gasteiger partial charge is 0.497 e. The van der Waals surface area contributed by atoms with Crippen LogP contribution in [0.25, 0.3) is 0 Å². The number of hydrogen-bond donors (Lipinski definition) is 1. The molecule has 0 spiro atoms. The Labute approximate surface area is 154 Å². The minimum atomic E-state index is -3.84. The van der Waals surface area contributed by atoms with Crippen molar-refractivity contribution in [3.8, 4) is 17.2 Å². The smallest absolute Gasteiger partial charge is 0.265 e. The lowest BCUT2D eigenvalue weighted by Crippen LogP contribution is -2.16. The van der Waals surface area contributed by atoms with Crippen LogP contribution in [0.2, 0.25) is 0 Å². The molecule has 0 aromatic heterocycles. The highest BCUT2D eigenvalue weighted by Gasteiger charge is 2.24. The first-order chi connectivity index (χ1) is 12.5. The quantitative estimate of drug-likeness (QED) is 0.835. The van der Waals surface area contributed by atoms with E-state index in [0.29, 0.717) is 22.9 Å². The Balaban J connectivity index is 2.01. The van der Waals surface area contributed by atoms with E-state index in [9.17, 15) is 8.42 Å². The topological polar surface area (TPSA) is 73.9 Å². The maximum absolute atomic E-state index is 13.0. The second kappa shape index (κ2) is 7.45. The molecular formula is C19H23NO5S. The number of aryl methyl sites for hydroxylation is 2. The van der Waals surface area contributed by atoms with Gasteiger partial charge in [-0.25, -0.2) is 8.42 Å². The van der Waals surface area contributed by atoms with Gasteiger partial charge in [0.25, 0.3) is 10.0 Å². The van der Waals surface area contributed by atoms with Crippen LogP contribution < -0.4 is 18.9 Å². The Morgan fingerprint density at radius 3 is 2.12 bits per heavy atom. The summed E-state index contributed by atoms with van der Waals surface area (Å²) in [4.78, 5) is 0.138. The van der Waals surface area contributed by atoms with Crippen molar-refractivity contribution in [2.45, 2.75) is 30.6 Å². The molecule has 0 fully saturated rings. The summed E-state index contributed by atoms with van der Waals surface area (Å²) in [5, 5.41) is 0. The average molecular weight is 377 g/mol. The number of methoxy groups -OCH3 is 3. The zero-order chi connectivity index (χ0) is 18.7. The third-order valence-corrected chi connectivity index (χ3v) is 5.96. The van der Waals surface area contributed by atoms with Gasteiger partial charge in [0.15, 0.2) is 0 Å². The number of benzene rings is 2. The molecule has 1 aliphatic carbocycles. The van der Waals surface area contributed by atoms with Crippen molar-refractivity contribution in [3.63, 3.8) is 0 Å². The number of rotatable bonds is 6. The van der Waals surface area contributed by atoms with E-state index in [-0.39, 0.29) is 4.90 Å². The molecule has 0 amide bonds. The molecule has 0 radical (unpaired) electrons. The molecule has 0 aliphatic heterocycles. The summed E-state index contributed by atoms with van der Waals surface area (Å²) >= 11 is 0. The fraction of sp³-hybridized carbons (Fsp3) is 0.368. The number of nitrogens with one attached hydrogen (secondary N) is 1. The van der Waals surface area contributed by atoms with Crippen molar-refractivity contribution < 1.29 is 22.6 Å². The van der Waals surface area contributed by atoms with Crippen LogP contribution in [0.4, 0.5) is 5.69 Å². The highest BCUT2D eigenvalue weighted by molar-refractivity contribution is 7.92. The van der Waals surface area contributed by atoms with E-state index in [1.165, 1.54) is 21.3 Å². The Bertz CT molecular complexity index is 908. The molecule has 0 saturated heterocycles. The zero-order valence-electron chi connectivity index (χ0n) is 15.2. The van der Waals surface area contributed by atoms with Crippen molar-refractivity contribution in [2.24, 2.45) is 0 Å². The van der Waals surface area contributed by atoms with E-state index in [1.807, 2.05) is 6.07 Å². The number of ether oxygens (including phenoxy) is 3. The first-order valence-electron chi connectivity index (χ1n) is 8.43. The van der Waals surface area contributed by atoms with Crippen molar-refractivity contribution in [1.29, 1.82) is 0 Å². The van der Waals surface area contributed by atoms with Gasteiger partial charge in [-0.1, -0.05) is 0 Å². The van der Waals surface area contributed by atoms with Gasteiger partial charge in [-0.3, -0.25) is 4.72 Å². The summed E-state index contributed by atoms with van der Waals surface area (Å²) in [5.74, 6) is 1.31. The summed E-state index contributed by atoms with van der Waals surface area (Å²) in [6.07, 6.45) is 4.02. The Morgan fingerprint density at radius 1 is 0.846 bits per heavy atom. The van der Waals surface area contributed by atoms with Gasteiger partial charge in [-0.05, 0) is 61.1 Å². The molecule has 0 atom stereocenters. The fourth-order valence-corrected chi connectivity index (χ4v) is 4.47. The summed E-state index contributed by atoms with van der Waals surface area (Å²) in [6, 6.07) is 8.48. The van der Waals surface area contributed by atoms with E-state index in [0.717, 1.165) is 36.8 Å². The molecule has 2 aromatic carbocycles. The van der Waals surface area contributed by atoms with Crippen LogP contribution in [0.3, 0.4) is 0 Å². The second-order valence-electron chi connectivity index (χ2n) is 6.15. The molecule has 3 rings (SSSR count). The monoisotopic (exact) mass is 377 g/mol. The molecular weight excluding hydrogens is 354 g/mol. The number of anilines is 1. The van der Waals surface area contributed by atoms with Gasteiger partial charge >= 0.3 is 0 Å². The first kappa shape index (κ1) is 18.4. The average Bonchev–Trinajstić information content (AvgIpc) is 2.66. The van der Waals surface area contributed by atoms with E-state index in [2.05, 4.69) is 4.72 Å². The summed E-state index contributed by atoms with van der Waals surface area (Å²) in [7, 11) is 0.663. The minimum Gasteiger partial charge on any atom is -0.497 e. The Kier molecular flexibility index (Phi) is 5.27. The predicted octanol–water partition coefficient (Wildman–Crippen LogP) is 3.39. The normalized spacial score (nSPS) is 13.7. The van der Waals surface area contributed by atoms with Crippen molar-refractivity contribution >= 4 is 15.7 Å². The molecule has 0 saturated carbocycles. The third kappa shape index (κ3) is 3.58. The maximum atomic E-state index is 13.0. The van der Waals surface area contributed by atoms with E-state index in [1.54, 1.807) is 24.3 Å². The standard InChI is InChI=1S/C19H23NO5S/c1-23-15-8-9-16(17(12-15)24-2)20-26(21,22)19-11-14-7-5-4-6-13(14)10-18(19)25-3/h8-12,20H,4-7H2,1-3H3. The number of sulfonamides is 1. The summed E-state index contributed by atoms with van der Waals surface area (Å²) < 4.78 is 44.4. The fourth-order valence-electron chi connectivity index (χ4n) is 3.19. The highest BCUT2D eigenvalue weighted by atomic mass is 32.2. The van der Waals surface area contributed by atoms with E-state index >= 15 is 0 Å². The van der Waals surface area contributed by atoms with Crippen LogP contribution >= 0.6 is 0 Å². The highest BCUT2D eigenvalue weighted by Crippen LogP contribution is 2.35. The molecule has 7 heteroatoms. The lowest BCUT2D eigenvalue weighted by atomic mass is 9.92. The van der Waals surface area contributed by atoms with Crippen molar-refractivity contribution in [3.05, 3.63) is 41.5 Å². The van der Waals surface area contributed by atoms with Crippen LogP contribution in [-0.4, -0.2) is 29.7 Å². The Hall–Kier alpha value is -2.41. The molecule has 1 N–H and O–H groups in total.